The summed E-state index contributed by atoms with van der Waals surface area (Å²) in [6, 6.07) is 0. The first-order valence-corrected chi connectivity index (χ1v) is 3.27. The monoisotopic (exact) mass is 209 g/mol. The molecule has 2 aromatic heterocycles. The Morgan fingerprint density at radius 2 is 2.25 bits per heavy atom. The molecular formula is C5H5ClKN5. The minimum Gasteiger partial charge on any atom is -1.00 e. The summed E-state index contributed by atoms with van der Waals surface area (Å²) in [5.41, 5.74) is 6.42. The number of halogens is 1. The Kier molecular flexibility index (Phi) is 3.44. The molecule has 0 amide bonds. The van der Waals surface area contributed by atoms with Gasteiger partial charge in [0.15, 0.2) is 10.8 Å². The van der Waals surface area contributed by atoms with E-state index in [-0.39, 0.29) is 58.8 Å². The van der Waals surface area contributed by atoms with Gasteiger partial charge in [-0.3, -0.25) is 0 Å². The third-order valence-electron chi connectivity index (χ3n) is 1.26. The Morgan fingerprint density at radius 1 is 1.50 bits per heavy atom. The van der Waals surface area contributed by atoms with Gasteiger partial charge in [-0.05, 0) is 0 Å². The molecule has 2 rings (SSSR count). The molecule has 0 atom stereocenters. The van der Waals surface area contributed by atoms with Gasteiger partial charge in [-0.15, -0.1) is 0 Å². The smallest absolute Gasteiger partial charge is 1.00 e. The quantitative estimate of drug-likeness (QED) is 0.378. The summed E-state index contributed by atoms with van der Waals surface area (Å²) in [4.78, 5) is 14.2. The number of imidazole rings is 1. The second kappa shape index (κ2) is 3.99. The van der Waals surface area contributed by atoms with Crippen LogP contribution in [0.25, 0.3) is 11.2 Å². The first kappa shape index (κ1) is 10.4. The van der Waals surface area contributed by atoms with E-state index in [4.69, 9.17) is 17.3 Å². The van der Waals surface area contributed by atoms with Gasteiger partial charge in [0.1, 0.15) is 5.52 Å². The average Bonchev–Trinajstić information content (AvgIpc) is 2.34. The van der Waals surface area contributed by atoms with Gasteiger partial charge in [0, 0.05) is 0 Å². The third-order valence-corrected chi connectivity index (χ3v) is 1.53. The Balaban J connectivity index is 0.000000720. The van der Waals surface area contributed by atoms with Crippen LogP contribution < -0.4 is 57.1 Å². The Labute approximate surface area is 117 Å². The fourth-order valence-electron chi connectivity index (χ4n) is 0.814. The van der Waals surface area contributed by atoms with Crippen molar-refractivity contribution in [3.63, 3.8) is 0 Å². The largest absolute Gasteiger partial charge is 1.00 e. The number of hydrogen-bond acceptors (Lipinski definition) is 4. The predicted molar refractivity (Wildman–Crippen MR) is 42.2 cm³/mol. The minimum absolute atomic E-state index is 0. The molecule has 0 aliphatic heterocycles. The van der Waals surface area contributed by atoms with Crippen molar-refractivity contribution < 1.29 is 52.8 Å². The first-order valence-electron chi connectivity index (χ1n) is 2.89. The molecule has 0 aliphatic carbocycles. The van der Waals surface area contributed by atoms with Gasteiger partial charge in [-0.25, -0.2) is 4.98 Å². The fraction of sp³-hybridized carbons (Fsp3) is 0. The van der Waals surface area contributed by atoms with Gasteiger partial charge >= 0.3 is 51.4 Å². The van der Waals surface area contributed by atoms with Crippen molar-refractivity contribution in [3.8, 4) is 0 Å². The summed E-state index contributed by atoms with van der Waals surface area (Å²) in [5, 5.41) is 0.296. The van der Waals surface area contributed by atoms with Gasteiger partial charge < -0.3 is 12.1 Å². The molecule has 3 N–H and O–H groups in total. The SMILES string of the molecule is Nc1nc(Cl)c2[nH]cnc2n1.[H-].[K+]. The number of nitrogens with one attached hydrogen (secondary N) is 1. The van der Waals surface area contributed by atoms with Crippen LogP contribution in [-0.4, -0.2) is 19.9 Å². The molecule has 0 radical (unpaired) electrons. The molecule has 0 saturated heterocycles. The molecule has 0 saturated carbocycles. The standard InChI is InChI=1S/C5H4ClN5.K.H/c6-3-2-4(9-1-8-2)11-5(7)10-3;;/h1H,(H3,7,8,9,10,11);;/q;+1;-1. The van der Waals surface area contributed by atoms with E-state index in [0.29, 0.717) is 16.3 Å². The van der Waals surface area contributed by atoms with Crippen LogP contribution in [-0.2, 0) is 0 Å². The zero-order valence-electron chi connectivity index (χ0n) is 7.37. The molecule has 0 fully saturated rings. The number of nitrogens with zero attached hydrogens (tertiary/aromatic N) is 3. The van der Waals surface area contributed by atoms with Gasteiger partial charge in [0.25, 0.3) is 0 Å². The number of anilines is 1. The summed E-state index contributed by atoms with van der Waals surface area (Å²) in [6.07, 6.45) is 1.49. The average molecular weight is 210 g/mol. The summed E-state index contributed by atoms with van der Waals surface area (Å²) in [7, 11) is 0. The number of aromatic nitrogens is 4. The first-order chi connectivity index (χ1) is 5.27. The Morgan fingerprint density at radius 3 is 3.00 bits per heavy atom. The van der Waals surface area contributed by atoms with E-state index in [1.54, 1.807) is 0 Å². The molecule has 2 heterocycles. The number of H-pyrrole nitrogens is 1. The van der Waals surface area contributed by atoms with Gasteiger partial charge in [-0.1, -0.05) is 11.6 Å². The van der Waals surface area contributed by atoms with Crippen molar-refractivity contribution in [1.29, 1.82) is 0 Å². The molecule has 12 heavy (non-hydrogen) atoms. The van der Waals surface area contributed by atoms with Crippen molar-refractivity contribution in [2.45, 2.75) is 0 Å². The summed E-state index contributed by atoms with van der Waals surface area (Å²) in [5.74, 6) is 0.134. The van der Waals surface area contributed by atoms with Crippen molar-refractivity contribution in [2.24, 2.45) is 0 Å². The van der Waals surface area contributed by atoms with Gasteiger partial charge in [0.2, 0.25) is 5.95 Å². The molecule has 7 heteroatoms. The molecule has 58 valence electrons. The maximum atomic E-state index is 5.70. The van der Waals surface area contributed by atoms with E-state index >= 15 is 0 Å². The van der Waals surface area contributed by atoms with Crippen LogP contribution in [0, 0.1) is 0 Å². The normalized spacial score (nSPS) is 9.75. The van der Waals surface area contributed by atoms with E-state index < -0.39 is 0 Å². The van der Waals surface area contributed by atoms with Crippen molar-refractivity contribution >= 4 is 28.7 Å². The molecule has 0 unspecified atom stereocenters. The second-order valence-corrected chi connectivity index (χ2v) is 2.33. The Bertz CT molecular complexity index is 405. The molecule has 5 nitrogen and oxygen atoms in total. The summed E-state index contributed by atoms with van der Waals surface area (Å²) >= 11 is 5.70. The zero-order chi connectivity index (χ0) is 7.84. The van der Waals surface area contributed by atoms with E-state index in [9.17, 15) is 0 Å². The van der Waals surface area contributed by atoms with Crippen molar-refractivity contribution in [1.82, 2.24) is 19.9 Å². The number of aromatic amines is 1. The van der Waals surface area contributed by atoms with Crippen molar-refractivity contribution in [3.05, 3.63) is 11.5 Å². The van der Waals surface area contributed by atoms with E-state index in [1.807, 2.05) is 0 Å². The van der Waals surface area contributed by atoms with Crippen LogP contribution in [0.15, 0.2) is 6.33 Å². The number of nitrogen functional groups attached to an aromatic ring is 1. The second-order valence-electron chi connectivity index (χ2n) is 1.97. The number of rotatable bonds is 0. The van der Waals surface area contributed by atoms with Crippen LogP contribution >= 0.6 is 11.6 Å². The fourth-order valence-corrected chi connectivity index (χ4v) is 1.04. The molecular weight excluding hydrogens is 205 g/mol. The maximum Gasteiger partial charge on any atom is 1.00 e. The predicted octanol–water partition coefficient (Wildman–Crippen LogP) is -2.29. The maximum absolute atomic E-state index is 5.70. The van der Waals surface area contributed by atoms with Crippen LogP contribution in [0.5, 0.6) is 0 Å². The number of fused-ring (bicyclic) bond motifs is 1. The van der Waals surface area contributed by atoms with Gasteiger partial charge in [0.05, 0.1) is 6.33 Å². The van der Waals surface area contributed by atoms with Crippen LogP contribution in [0.1, 0.15) is 1.43 Å². The number of hydrogen-bond donors (Lipinski definition) is 2. The van der Waals surface area contributed by atoms with Crippen molar-refractivity contribution in [2.75, 3.05) is 5.73 Å². The minimum atomic E-state index is 0. The molecule has 0 spiro atoms. The summed E-state index contributed by atoms with van der Waals surface area (Å²) in [6.45, 7) is 0. The molecule has 0 aliphatic rings. The summed E-state index contributed by atoms with van der Waals surface area (Å²) < 4.78 is 0. The van der Waals surface area contributed by atoms with E-state index in [0.717, 1.165) is 0 Å². The topological polar surface area (TPSA) is 80.5 Å². The molecule has 2 aromatic rings. The number of nitrogens with two attached hydrogens (primary N) is 1. The van der Waals surface area contributed by atoms with Crippen LogP contribution in [0.4, 0.5) is 5.95 Å². The molecule has 0 aromatic carbocycles. The Hall–Kier alpha value is 0.276. The van der Waals surface area contributed by atoms with Crippen LogP contribution in [0.3, 0.4) is 0 Å². The van der Waals surface area contributed by atoms with Gasteiger partial charge in [-0.2, -0.15) is 9.97 Å². The third kappa shape index (κ3) is 1.78. The molecule has 0 bridgehead atoms. The van der Waals surface area contributed by atoms with Crippen LogP contribution in [0.2, 0.25) is 5.15 Å². The van der Waals surface area contributed by atoms with E-state index in [1.165, 1.54) is 6.33 Å². The van der Waals surface area contributed by atoms with E-state index in [2.05, 4.69) is 19.9 Å². The zero-order valence-corrected chi connectivity index (χ0v) is 10.3.